The molecule has 17 heavy (non-hydrogen) atoms. The molecule has 94 valence electrons. The largest absolute Gasteiger partial charge is 0.373 e. The molecule has 0 aliphatic carbocycles. The summed E-state index contributed by atoms with van der Waals surface area (Å²) < 4.78 is 0. The molecular formula is C11H18N4O2. The summed E-state index contributed by atoms with van der Waals surface area (Å²) in [7, 11) is 3.55. The first kappa shape index (κ1) is 13.2. The Hall–Kier alpha value is -1.85. The predicted octanol–water partition coefficient (Wildman–Crippen LogP) is 2.12. The average molecular weight is 238 g/mol. The predicted molar refractivity (Wildman–Crippen MR) is 68.5 cm³/mol. The lowest BCUT2D eigenvalue weighted by Gasteiger charge is -2.20. The highest BCUT2D eigenvalue weighted by Gasteiger charge is 2.19. The molecule has 0 aliphatic heterocycles. The molecule has 0 atom stereocenters. The summed E-state index contributed by atoms with van der Waals surface area (Å²) in [5, 5.41) is 13.8. The van der Waals surface area contributed by atoms with Crippen molar-refractivity contribution in [2.45, 2.75) is 13.8 Å². The van der Waals surface area contributed by atoms with Crippen LogP contribution in [0.15, 0.2) is 12.1 Å². The van der Waals surface area contributed by atoms with Gasteiger partial charge in [0.25, 0.3) is 0 Å². The molecule has 0 spiro atoms. The van der Waals surface area contributed by atoms with E-state index in [4.69, 9.17) is 0 Å². The zero-order valence-corrected chi connectivity index (χ0v) is 10.6. The highest BCUT2D eigenvalue weighted by Crippen LogP contribution is 2.27. The van der Waals surface area contributed by atoms with Crippen molar-refractivity contribution in [3.8, 4) is 0 Å². The third-order valence-corrected chi connectivity index (χ3v) is 2.31. The second-order valence-corrected chi connectivity index (χ2v) is 4.32. The van der Waals surface area contributed by atoms with E-state index < -0.39 is 4.92 Å². The molecule has 0 unspecified atom stereocenters. The molecule has 0 amide bonds. The van der Waals surface area contributed by atoms with Gasteiger partial charge in [-0.15, -0.1) is 0 Å². The van der Waals surface area contributed by atoms with E-state index in [1.165, 1.54) is 6.07 Å². The molecule has 1 aromatic rings. The second-order valence-electron chi connectivity index (χ2n) is 4.32. The number of aromatic nitrogens is 1. The van der Waals surface area contributed by atoms with Crippen molar-refractivity contribution in [1.29, 1.82) is 0 Å². The van der Waals surface area contributed by atoms with Crippen LogP contribution < -0.4 is 10.2 Å². The van der Waals surface area contributed by atoms with Crippen molar-refractivity contribution >= 4 is 17.3 Å². The molecule has 1 N–H and O–H groups in total. The summed E-state index contributed by atoms with van der Waals surface area (Å²) >= 11 is 0. The first-order chi connectivity index (χ1) is 7.95. The van der Waals surface area contributed by atoms with Gasteiger partial charge in [0.2, 0.25) is 5.82 Å². The highest BCUT2D eigenvalue weighted by molar-refractivity contribution is 5.61. The van der Waals surface area contributed by atoms with Crippen LogP contribution in [0.5, 0.6) is 0 Å². The van der Waals surface area contributed by atoms with Crippen LogP contribution in [0, 0.1) is 16.0 Å². The van der Waals surface area contributed by atoms with E-state index in [1.54, 1.807) is 13.1 Å². The summed E-state index contributed by atoms with van der Waals surface area (Å²) in [5.74, 6) is 1.44. The van der Waals surface area contributed by atoms with E-state index in [0.29, 0.717) is 17.6 Å². The Balaban J connectivity index is 3.12. The normalized spacial score (nSPS) is 10.4. The van der Waals surface area contributed by atoms with Gasteiger partial charge in [-0.1, -0.05) is 13.8 Å². The van der Waals surface area contributed by atoms with Gasteiger partial charge in [-0.2, -0.15) is 0 Å². The van der Waals surface area contributed by atoms with Crippen LogP contribution in [0.1, 0.15) is 13.8 Å². The van der Waals surface area contributed by atoms with Gasteiger partial charge < -0.3 is 10.2 Å². The van der Waals surface area contributed by atoms with E-state index in [9.17, 15) is 10.1 Å². The zero-order chi connectivity index (χ0) is 13.0. The minimum Gasteiger partial charge on any atom is -0.373 e. The van der Waals surface area contributed by atoms with Gasteiger partial charge in [0.05, 0.1) is 4.92 Å². The van der Waals surface area contributed by atoms with Crippen molar-refractivity contribution in [3.05, 3.63) is 22.2 Å². The molecule has 1 rings (SSSR count). The van der Waals surface area contributed by atoms with Gasteiger partial charge in [0, 0.05) is 26.7 Å². The molecule has 0 saturated heterocycles. The molecule has 1 heterocycles. The molecule has 0 aliphatic rings. The van der Waals surface area contributed by atoms with E-state index in [-0.39, 0.29) is 5.69 Å². The van der Waals surface area contributed by atoms with Gasteiger partial charge in [0.1, 0.15) is 5.82 Å². The third-order valence-electron chi connectivity index (χ3n) is 2.31. The maximum absolute atomic E-state index is 10.9. The fourth-order valence-electron chi connectivity index (χ4n) is 1.64. The van der Waals surface area contributed by atoms with Crippen LogP contribution in [0.3, 0.4) is 0 Å². The summed E-state index contributed by atoms with van der Waals surface area (Å²) in [5.41, 5.74) is 0.0344. The molecule has 6 nitrogen and oxygen atoms in total. The molecule has 0 saturated carbocycles. The third kappa shape index (κ3) is 3.30. The van der Waals surface area contributed by atoms with Crippen LogP contribution in [0.25, 0.3) is 0 Å². The van der Waals surface area contributed by atoms with Gasteiger partial charge in [-0.05, 0) is 12.0 Å². The fraction of sp³-hybridized carbons (Fsp3) is 0.545. The molecule has 6 heteroatoms. The van der Waals surface area contributed by atoms with E-state index in [0.717, 1.165) is 6.54 Å². The second kappa shape index (κ2) is 5.47. The van der Waals surface area contributed by atoms with Crippen molar-refractivity contribution in [2.24, 2.45) is 5.92 Å². The number of hydrogen-bond donors (Lipinski definition) is 1. The molecule has 0 radical (unpaired) electrons. The lowest BCUT2D eigenvalue weighted by atomic mass is 10.2. The Kier molecular flexibility index (Phi) is 4.25. The van der Waals surface area contributed by atoms with Crippen molar-refractivity contribution in [3.63, 3.8) is 0 Å². The SMILES string of the molecule is CNc1ccc([N+](=O)[O-])c(N(C)CC(C)C)n1. The Morgan fingerprint density at radius 1 is 1.53 bits per heavy atom. The highest BCUT2D eigenvalue weighted by atomic mass is 16.6. The van der Waals surface area contributed by atoms with Crippen LogP contribution >= 0.6 is 0 Å². The van der Waals surface area contributed by atoms with E-state index in [2.05, 4.69) is 24.1 Å². The number of hydrogen-bond acceptors (Lipinski definition) is 5. The summed E-state index contributed by atoms with van der Waals surface area (Å²) in [6.45, 7) is 4.84. The molecule has 1 aromatic heterocycles. The maximum atomic E-state index is 10.9. The minimum atomic E-state index is -0.404. The number of anilines is 2. The monoisotopic (exact) mass is 238 g/mol. The van der Waals surface area contributed by atoms with E-state index >= 15 is 0 Å². The first-order valence-electron chi connectivity index (χ1n) is 5.50. The first-order valence-corrected chi connectivity index (χ1v) is 5.50. The maximum Gasteiger partial charge on any atom is 0.311 e. The van der Waals surface area contributed by atoms with E-state index in [1.807, 2.05) is 11.9 Å². The van der Waals surface area contributed by atoms with Crippen molar-refractivity contribution < 1.29 is 4.92 Å². The fourth-order valence-corrected chi connectivity index (χ4v) is 1.64. The quantitative estimate of drug-likeness (QED) is 0.628. The molecular weight excluding hydrogens is 220 g/mol. The van der Waals surface area contributed by atoms with Crippen molar-refractivity contribution in [1.82, 2.24) is 4.98 Å². The summed E-state index contributed by atoms with van der Waals surface area (Å²) in [4.78, 5) is 16.6. The number of nitrogens with one attached hydrogen (secondary N) is 1. The average Bonchev–Trinajstić information content (AvgIpc) is 2.27. The number of nitro groups is 1. The molecule has 0 fully saturated rings. The molecule has 0 aromatic carbocycles. The Morgan fingerprint density at radius 2 is 2.18 bits per heavy atom. The Labute approximate surface area is 101 Å². The van der Waals surface area contributed by atoms with Crippen LogP contribution in [-0.4, -0.2) is 30.5 Å². The van der Waals surface area contributed by atoms with Gasteiger partial charge in [-0.25, -0.2) is 4.98 Å². The van der Waals surface area contributed by atoms with Gasteiger partial charge >= 0.3 is 5.69 Å². The van der Waals surface area contributed by atoms with Gasteiger partial charge in [-0.3, -0.25) is 10.1 Å². The standard InChI is InChI=1S/C11H18N4O2/c1-8(2)7-14(4)11-9(15(16)17)5-6-10(12-3)13-11/h5-6,8H,7H2,1-4H3,(H,12,13). The number of nitrogens with zero attached hydrogens (tertiary/aromatic N) is 3. The van der Waals surface area contributed by atoms with Gasteiger partial charge in [0.15, 0.2) is 0 Å². The lowest BCUT2D eigenvalue weighted by Crippen LogP contribution is -2.24. The molecule has 0 bridgehead atoms. The zero-order valence-electron chi connectivity index (χ0n) is 10.6. The van der Waals surface area contributed by atoms with Crippen LogP contribution in [0.2, 0.25) is 0 Å². The van der Waals surface area contributed by atoms with Crippen molar-refractivity contribution in [2.75, 3.05) is 30.9 Å². The topological polar surface area (TPSA) is 71.3 Å². The minimum absolute atomic E-state index is 0.0344. The number of pyridine rings is 1. The van der Waals surface area contributed by atoms with Crippen LogP contribution in [-0.2, 0) is 0 Å². The summed E-state index contributed by atoms with van der Waals surface area (Å²) in [6, 6.07) is 3.08. The Bertz CT molecular complexity index is 406. The smallest absolute Gasteiger partial charge is 0.311 e. The lowest BCUT2D eigenvalue weighted by molar-refractivity contribution is -0.384. The van der Waals surface area contributed by atoms with Crippen LogP contribution in [0.4, 0.5) is 17.3 Å². The number of rotatable bonds is 5. The Morgan fingerprint density at radius 3 is 2.65 bits per heavy atom. The summed E-state index contributed by atoms with van der Waals surface area (Å²) in [6.07, 6.45) is 0.